The number of rotatable bonds is 7. The fourth-order valence-electron chi connectivity index (χ4n) is 2.99. The van der Waals surface area contributed by atoms with Crippen LogP contribution in [-0.2, 0) is 17.5 Å². The predicted octanol–water partition coefficient (Wildman–Crippen LogP) is 6.07. The third-order valence-corrected chi connectivity index (χ3v) is 5.54. The molecule has 31 heavy (non-hydrogen) atoms. The second-order valence-corrected chi connectivity index (χ2v) is 8.23. The summed E-state index contributed by atoms with van der Waals surface area (Å²) in [4.78, 5) is 12.4. The molecule has 5 nitrogen and oxygen atoms in total. The molecule has 1 N–H and O–H groups in total. The Kier molecular flexibility index (Phi) is 7.27. The molecular formula is C21H20ClF3N4OS. The molecule has 2 aromatic carbocycles. The van der Waals surface area contributed by atoms with Gasteiger partial charge in [-0.15, -0.1) is 10.2 Å². The quantitative estimate of drug-likeness (QED) is 0.428. The number of aryl methyl sites for hydroxylation is 1. The number of amides is 1. The molecular weight excluding hydrogens is 449 g/mol. The highest BCUT2D eigenvalue weighted by molar-refractivity contribution is 7.99. The van der Waals surface area contributed by atoms with E-state index < -0.39 is 17.6 Å². The zero-order valence-electron chi connectivity index (χ0n) is 16.8. The van der Waals surface area contributed by atoms with Gasteiger partial charge < -0.3 is 9.88 Å². The van der Waals surface area contributed by atoms with E-state index in [1.807, 2.05) is 42.7 Å². The second-order valence-electron chi connectivity index (χ2n) is 6.85. The lowest BCUT2D eigenvalue weighted by atomic mass is 10.1. The number of carbonyl (C=O) groups is 1. The standard InChI is InChI=1S/C21H20ClF3N4OS/c1-3-9-29-19(14-6-4-5-13(2)10-14)27-28-20(29)31-12-18(30)26-17-8-7-15(22)11-16(17)21(23,24)25/h4-8,10-11H,3,9,12H2,1-2H3,(H,26,30). The van der Waals surface area contributed by atoms with E-state index in [1.54, 1.807) is 0 Å². The maximum absolute atomic E-state index is 13.2. The van der Waals surface area contributed by atoms with Gasteiger partial charge in [-0.2, -0.15) is 13.2 Å². The monoisotopic (exact) mass is 468 g/mol. The maximum atomic E-state index is 13.2. The van der Waals surface area contributed by atoms with Gasteiger partial charge in [-0.25, -0.2) is 0 Å². The van der Waals surface area contributed by atoms with Crippen LogP contribution in [0.4, 0.5) is 18.9 Å². The number of hydrogen-bond donors (Lipinski definition) is 1. The number of hydrogen-bond acceptors (Lipinski definition) is 4. The minimum absolute atomic E-state index is 0.0592. The lowest BCUT2D eigenvalue weighted by Gasteiger charge is -2.14. The van der Waals surface area contributed by atoms with Crippen LogP contribution >= 0.6 is 23.4 Å². The molecule has 3 aromatic rings. The molecule has 0 saturated carbocycles. The van der Waals surface area contributed by atoms with E-state index in [4.69, 9.17) is 11.6 Å². The van der Waals surface area contributed by atoms with Crippen LogP contribution in [0, 0.1) is 6.92 Å². The SMILES string of the molecule is CCCn1c(SCC(=O)Nc2ccc(Cl)cc2C(F)(F)F)nnc1-c1cccc(C)c1. The Balaban J connectivity index is 1.75. The van der Waals surface area contributed by atoms with Gasteiger partial charge in [-0.1, -0.05) is 54.0 Å². The molecule has 0 bridgehead atoms. The highest BCUT2D eigenvalue weighted by Gasteiger charge is 2.34. The lowest BCUT2D eigenvalue weighted by molar-refractivity contribution is -0.137. The Bertz CT molecular complexity index is 1080. The van der Waals surface area contributed by atoms with E-state index in [-0.39, 0.29) is 16.5 Å². The topological polar surface area (TPSA) is 59.8 Å². The van der Waals surface area contributed by atoms with Crippen LogP contribution in [0.25, 0.3) is 11.4 Å². The molecule has 0 aliphatic heterocycles. The summed E-state index contributed by atoms with van der Waals surface area (Å²) in [5, 5.41) is 11.2. The van der Waals surface area contributed by atoms with Gasteiger partial charge in [0.15, 0.2) is 11.0 Å². The molecule has 0 atom stereocenters. The summed E-state index contributed by atoms with van der Waals surface area (Å²) in [7, 11) is 0. The van der Waals surface area contributed by atoms with Gasteiger partial charge in [0.2, 0.25) is 5.91 Å². The Labute approximate surface area is 187 Å². The number of nitrogens with one attached hydrogen (secondary N) is 1. The van der Waals surface area contributed by atoms with Gasteiger partial charge in [-0.3, -0.25) is 4.79 Å². The van der Waals surface area contributed by atoms with Gasteiger partial charge in [0, 0.05) is 17.1 Å². The van der Waals surface area contributed by atoms with Crippen LogP contribution in [0.15, 0.2) is 47.6 Å². The summed E-state index contributed by atoms with van der Waals surface area (Å²) < 4.78 is 41.6. The number of alkyl halides is 3. The summed E-state index contributed by atoms with van der Waals surface area (Å²) in [6, 6.07) is 11.1. The molecule has 1 amide bonds. The molecule has 1 aromatic heterocycles. The van der Waals surface area contributed by atoms with Crippen molar-refractivity contribution in [1.29, 1.82) is 0 Å². The van der Waals surface area contributed by atoms with Crippen molar-refractivity contribution < 1.29 is 18.0 Å². The summed E-state index contributed by atoms with van der Waals surface area (Å²) in [5.74, 6) is -0.0123. The molecule has 0 saturated heterocycles. The number of halogens is 4. The Morgan fingerprint density at radius 1 is 1.19 bits per heavy atom. The molecule has 0 aliphatic carbocycles. The van der Waals surface area contributed by atoms with Crippen molar-refractivity contribution in [2.75, 3.05) is 11.1 Å². The minimum Gasteiger partial charge on any atom is -0.325 e. The number of benzene rings is 2. The van der Waals surface area contributed by atoms with E-state index >= 15 is 0 Å². The third-order valence-electron chi connectivity index (χ3n) is 4.33. The number of thioether (sulfide) groups is 1. The zero-order chi connectivity index (χ0) is 22.6. The average Bonchev–Trinajstić information content (AvgIpc) is 3.10. The molecule has 164 valence electrons. The predicted molar refractivity (Wildman–Crippen MR) is 116 cm³/mol. The van der Waals surface area contributed by atoms with Crippen LogP contribution < -0.4 is 5.32 Å². The van der Waals surface area contributed by atoms with Crippen molar-refractivity contribution in [3.8, 4) is 11.4 Å². The Morgan fingerprint density at radius 2 is 1.97 bits per heavy atom. The number of carbonyl (C=O) groups excluding carboxylic acids is 1. The van der Waals surface area contributed by atoms with E-state index in [1.165, 1.54) is 6.07 Å². The number of anilines is 1. The van der Waals surface area contributed by atoms with Gasteiger partial charge in [0.05, 0.1) is 17.0 Å². The minimum atomic E-state index is -4.63. The number of aromatic nitrogens is 3. The number of nitrogens with zero attached hydrogens (tertiary/aromatic N) is 3. The average molecular weight is 469 g/mol. The van der Waals surface area contributed by atoms with E-state index in [0.717, 1.165) is 41.4 Å². The van der Waals surface area contributed by atoms with Crippen molar-refractivity contribution in [2.24, 2.45) is 0 Å². The molecule has 0 fully saturated rings. The van der Waals surface area contributed by atoms with Crippen molar-refractivity contribution >= 4 is 35.0 Å². The maximum Gasteiger partial charge on any atom is 0.418 e. The molecule has 0 radical (unpaired) electrons. The van der Waals surface area contributed by atoms with Crippen molar-refractivity contribution in [2.45, 2.75) is 38.1 Å². The smallest absolute Gasteiger partial charge is 0.325 e. The molecule has 3 rings (SSSR count). The van der Waals surface area contributed by atoms with Crippen LogP contribution in [0.1, 0.15) is 24.5 Å². The van der Waals surface area contributed by atoms with Gasteiger partial charge >= 0.3 is 6.18 Å². The summed E-state index contributed by atoms with van der Waals surface area (Å²) in [5.41, 5.74) is 0.668. The first kappa shape index (κ1) is 23.1. The van der Waals surface area contributed by atoms with Crippen LogP contribution in [0.5, 0.6) is 0 Å². The van der Waals surface area contributed by atoms with E-state index in [9.17, 15) is 18.0 Å². The van der Waals surface area contributed by atoms with Gasteiger partial charge in [0.1, 0.15) is 0 Å². The Morgan fingerprint density at radius 3 is 2.65 bits per heavy atom. The summed E-state index contributed by atoms with van der Waals surface area (Å²) >= 11 is 6.80. The summed E-state index contributed by atoms with van der Waals surface area (Å²) in [6.07, 6.45) is -3.80. The van der Waals surface area contributed by atoms with Gasteiger partial charge in [0.25, 0.3) is 0 Å². The molecule has 1 heterocycles. The first-order valence-electron chi connectivity index (χ1n) is 9.48. The zero-order valence-corrected chi connectivity index (χ0v) is 18.4. The normalized spacial score (nSPS) is 11.5. The molecule has 10 heteroatoms. The van der Waals surface area contributed by atoms with Crippen LogP contribution in [0.3, 0.4) is 0 Å². The van der Waals surface area contributed by atoms with Crippen molar-refractivity contribution in [3.05, 3.63) is 58.6 Å². The van der Waals surface area contributed by atoms with E-state index in [2.05, 4.69) is 15.5 Å². The van der Waals surface area contributed by atoms with Crippen LogP contribution in [-0.4, -0.2) is 26.4 Å². The first-order chi connectivity index (χ1) is 14.7. The highest BCUT2D eigenvalue weighted by atomic mass is 35.5. The lowest BCUT2D eigenvalue weighted by Crippen LogP contribution is -2.18. The second kappa shape index (κ2) is 9.74. The highest BCUT2D eigenvalue weighted by Crippen LogP contribution is 2.36. The molecule has 0 unspecified atom stereocenters. The first-order valence-corrected chi connectivity index (χ1v) is 10.8. The molecule has 0 aliphatic rings. The van der Waals surface area contributed by atoms with E-state index in [0.29, 0.717) is 17.5 Å². The third kappa shape index (κ3) is 5.80. The van der Waals surface area contributed by atoms with Crippen molar-refractivity contribution in [1.82, 2.24) is 14.8 Å². The Hall–Kier alpha value is -2.52. The van der Waals surface area contributed by atoms with Gasteiger partial charge in [-0.05, 0) is 37.6 Å². The fraction of sp³-hybridized carbons (Fsp3) is 0.286. The largest absolute Gasteiger partial charge is 0.418 e. The molecule has 0 spiro atoms. The van der Waals surface area contributed by atoms with Crippen LogP contribution in [0.2, 0.25) is 5.02 Å². The fourth-order valence-corrected chi connectivity index (χ4v) is 3.93. The summed E-state index contributed by atoms with van der Waals surface area (Å²) in [6.45, 7) is 4.64. The van der Waals surface area contributed by atoms with Crippen molar-refractivity contribution in [3.63, 3.8) is 0 Å².